The zero-order valence-electron chi connectivity index (χ0n) is 19.2. The number of hydrogen-bond donors (Lipinski definition) is 1. The normalized spacial score (nSPS) is 19.2. The van der Waals surface area contributed by atoms with Crippen LogP contribution in [0.3, 0.4) is 0 Å². The van der Waals surface area contributed by atoms with Crippen LogP contribution < -0.4 is 0 Å². The van der Waals surface area contributed by atoms with Gasteiger partial charge in [0.2, 0.25) is 0 Å². The summed E-state index contributed by atoms with van der Waals surface area (Å²) in [5.74, 6) is -0.342. The smallest absolute Gasteiger partial charge is 0.268 e. The molecule has 0 aliphatic carbocycles. The molecule has 3 aromatic carbocycles. The fourth-order valence-corrected chi connectivity index (χ4v) is 6.67. The van der Waals surface area contributed by atoms with Crippen molar-refractivity contribution in [3.63, 3.8) is 0 Å². The van der Waals surface area contributed by atoms with Crippen LogP contribution in [-0.2, 0) is 21.4 Å². The van der Waals surface area contributed by atoms with E-state index in [2.05, 4.69) is 15.9 Å². The van der Waals surface area contributed by atoms with E-state index in [1.54, 1.807) is 24.3 Å². The number of alkyl halides is 1. The van der Waals surface area contributed by atoms with Crippen molar-refractivity contribution < 1.29 is 18.3 Å². The monoisotopic (exact) mass is 551 g/mol. The molecule has 0 spiro atoms. The minimum atomic E-state index is -3.87. The zero-order chi connectivity index (χ0) is 24.6. The lowest BCUT2D eigenvalue weighted by atomic mass is 9.86. The van der Waals surface area contributed by atoms with Crippen molar-refractivity contribution in [2.75, 3.05) is 5.33 Å². The summed E-state index contributed by atoms with van der Waals surface area (Å²) in [5, 5.41) is 12.0. The number of para-hydroxylation sites is 1. The van der Waals surface area contributed by atoms with Gasteiger partial charge in [-0.2, -0.15) is 0 Å². The number of ether oxygens (including phenoxy) is 1. The van der Waals surface area contributed by atoms with Crippen molar-refractivity contribution in [2.24, 2.45) is 0 Å². The van der Waals surface area contributed by atoms with Crippen LogP contribution in [0.5, 0.6) is 0 Å². The number of rotatable bonds is 6. The summed E-state index contributed by atoms with van der Waals surface area (Å²) >= 11 is 3.38. The number of hydrogen-bond acceptors (Lipinski definition) is 4. The van der Waals surface area contributed by atoms with Gasteiger partial charge in [0, 0.05) is 16.6 Å². The SMILES string of the molecule is Cc1ccc(S(=O)(=O)n2c3c(c4ccccc42)[C@H](/C=C/c2ccccc2)[C@@H]([C@H](O)CBr)OC3)cc1. The Morgan fingerprint density at radius 1 is 1.06 bits per heavy atom. The lowest BCUT2D eigenvalue weighted by molar-refractivity contribution is -0.0532. The van der Waals surface area contributed by atoms with E-state index in [0.717, 1.165) is 22.1 Å². The van der Waals surface area contributed by atoms with Crippen LogP contribution in [0, 0.1) is 6.92 Å². The van der Waals surface area contributed by atoms with Crippen LogP contribution in [0.25, 0.3) is 17.0 Å². The van der Waals surface area contributed by atoms with Gasteiger partial charge in [-0.25, -0.2) is 12.4 Å². The molecule has 1 aliphatic rings. The van der Waals surface area contributed by atoms with Crippen LogP contribution in [0.2, 0.25) is 0 Å². The Hall–Kier alpha value is -2.71. The molecule has 1 aliphatic heterocycles. The second-order valence-corrected chi connectivity index (χ2v) is 11.2. The van der Waals surface area contributed by atoms with Crippen molar-refractivity contribution >= 4 is 42.9 Å². The number of fused-ring (bicyclic) bond motifs is 3. The van der Waals surface area contributed by atoms with E-state index in [9.17, 15) is 13.5 Å². The van der Waals surface area contributed by atoms with Gasteiger partial charge in [0.25, 0.3) is 10.0 Å². The van der Waals surface area contributed by atoms with Gasteiger partial charge in [-0.3, -0.25) is 0 Å². The first-order valence-electron chi connectivity index (χ1n) is 11.4. The van der Waals surface area contributed by atoms with Crippen LogP contribution in [0.4, 0.5) is 0 Å². The second kappa shape index (κ2) is 9.74. The second-order valence-electron chi connectivity index (χ2n) is 8.75. The molecule has 180 valence electrons. The highest BCUT2D eigenvalue weighted by molar-refractivity contribution is 9.09. The first-order chi connectivity index (χ1) is 16.9. The standard InChI is InChI=1S/C28H26BrNO4S/c1-19-11-14-21(15-12-19)35(32,33)30-24-10-6-5-9-22(24)27-23(16-13-20-7-3-2-4-8-20)28(26(31)17-29)34-18-25(27)30/h2-16,23,26,28,31H,17-18H2,1H3/b16-13+/t23-,26+,28-/m0/s1. The summed E-state index contributed by atoms with van der Waals surface area (Å²) in [6.45, 7) is 2.01. The average molecular weight is 552 g/mol. The Morgan fingerprint density at radius 2 is 1.74 bits per heavy atom. The van der Waals surface area contributed by atoms with E-state index in [0.29, 0.717) is 16.5 Å². The minimum absolute atomic E-state index is 0.0828. The van der Waals surface area contributed by atoms with Gasteiger partial charge in [-0.1, -0.05) is 94.3 Å². The number of aliphatic hydroxyl groups excluding tert-OH is 1. The van der Waals surface area contributed by atoms with Crippen molar-refractivity contribution in [1.82, 2.24) is 3.97 Å². The van der Waals surface area contributed by atoms with Crippen molar-refractivity contribution in [3.8, 4) is 0 Å². The molecule has 0 unspecified atom stereocenters. The summed E-state index contributed by atoms with van der Waals surface area (Å²) in [7, 11) is -3.87. The number of aryl methyl sites for hydroxylation is 1. The Balaban J connectivity index is 1.73. The molecule has 0 amide bonds. The topological polar surface area (TPSA) is 68.5 Å². The molecule has 0 saturated heterocycles. The highest BCUT2D eigenvalue weighted by Crippen LogP contribution is 2.42. The minimum Gasteiger partial charge on any atom is -0.390 e. The van der Waals surface area contributed by atoms with Gasteiger partial charge < -0.3 is 9.84 Å². The fraction of sp³-hybridized carbons (Fsp3) is 0.214. The van der Waals surface area contributed by atoms with Crippen molar-refractivity contribution in [2.45, 2.75) is 36.6 Å². The molecule has 1 N–H and O–H groups in total. The molecule has 0 saturated carbocycles. The molecule has 2 heterocycles. The third-order valence-corrected chi connectivity index (χ3v) is 8.89. The van der Waals surface area contributed by atoms with E-state index in [4.69, 9.17) is 4.74 Å². The van der Waals surface area contributed by atoms with Crippen LogP contribution in [-0.4, -0.2) is 35.0 Å². The maximum Gasteiger partial charge on any atom is 0.268 e. The van der Waals surface area contributed by atoms with Crippen molar-refractivity contribution in [1.29, 1.82) is 0 Å². The molecule has 35 heavy (non-hydrogen) atoms. The molecule has 5 nitrogen and oxygen atoms in total. The average Bonchev–Trinajstić information content (AvgIpc) is 3.23. The van der Waals surface area contributed by atoms with Crippen LogP contribution >= 0.6 is 15.9 Å². The van der Waals surface area contributed by atoms with E-state index < -0.39 is 22.2 Å². The predicted molar refractivity (Wildman–Crippen MR) is 142 cm³/mol. The molecule has 3 atom stereocenters. The number of benzene rings is 3. The van der Waals surface area contributed by atoms with Crippen LogP contribution in [0.1, 0.15) is 28.3 Å². The molecule has 1 aromatic heterocycles. The lowest BCUT2D eigenvalue weighted by Crippen LogP contribution is -2.39. The van der Waals surface area contributed by atoms with E-state index in [-0.39, 0.29) is 17.4 Å². The zero-order valence-corrected chi connectivity index (χ0v) is 21.6. The number of halogens is 1. The third kappa shape index (κ3) is 4.38. The molecule has 4 aromatic rings. The van der Waals surface area contributed by atoms with Crippen LogP contribution in [0.15, 0.2) is 89.8 Å². The molecule has 0 fully saturated rings. The first-order valence-corrected chi connectivity index (χ1v) is 14.0. The predicted octanol–water partition coefficient (Wildman–Crippen LogP) is 5.64. The Morgan fingerprint density at radius 3 is 2.46 bits per heavy atom. The van der Waals surface area contributed by atoms with E-state index >= 15 is 0 Å². The third-order valence-electron chi connectivity index (χ3n) is 6.46. The van der Waals surface area contributed by atoms with Gasteiger partial charge in [0.1, 0.15) is 0 Å². The molecule has 5 rings (SSSR count). The molecule has 7 heteroatoms. The molecule has 0 bridgehead atoms. The Labute approximate surface area is 213 Å². The molecule has 0 radical (unpaired) electrons. The highest BCUT2D eigenvalue weighted by atomic mass is 79.9. The van der Waals surface area contributed by atoms with E-state index in [1.807, 2.05) is 73.7 Å². The summed E-state index contributed by atoms with van der Waals surface area (Å²) in [6.07, 6.45) is 2.73. The molecular weight excluding hydrogens is 526 g/mol. The summed E-state index contributed by atoms with van der Waals surface area (Å²) in [6, 6.07) is 24.3. The fourth-order valence-electron chi connectivity index (χ4n) is 4.75. The highest BCUT2D eigenvalue weighted by Gasteiger charge is 2.39. The van der Waals surface area contributed by atoms with Crippen molar-refractivity contribution in [3.05, 3.63) is 107 Å². The van der Waals surface area contributed by atoms with Gasteiger partial charge in [-0.15, -0.1) is 0 Å². The Bertz CT molecular complexity index is 1480. The van der Waals surface area contributed by atoms with Gasteiger partial charge in [-0.05, 0) is 36.2 Å². The Kier molecular flexibility index (Phi) is 6.68. The van der Waals surface area contributed by atoms with E-state index in [1.165, 1.54) is 3.97 Å². The number of nitrogens with zero attached hydrogens (tertiary/aromatic N) is 1. The summed E-state index contributed by atoms with van der Waals surface area (Å²) in [4.78, 5) is 0.227. The molecular formula is C28H26BrNO4S. The van der Waals surface area contributed by atoms with Gasteiger partial charge >= 0.3 is 0 Å². The summed E-state index contributed by atoms with van der Waals surface area (Å²) in [5.41, 5.74) is 4.08. The lowest BCUT2D eigenvalue weighted by Gasteiger charge is -2.33. The van der Waals surface area contributed by atoms with Gasteiger partial charge in [0.15, 0.2) is 0 Å². The maximum absolute atomic E-state index is 13.9. The number of aliphatic hydroxyl groups is 1. The number of aromatic nitrogens is 1. The summed E-state index contributed by atoms with van der Waals surface area (Å²) < 4.78 is 35.3. The first kappa shape index (κ1) is 24.0. The largest absolute Gasteiger partial charge is 0.390 e. The maximum atomic E-state index is 13.9. The quantitative estimate of drug-likeness (QED) is 0.315. The van der Waals surface area contributed by atoms with Gasteiger partial charge in [0.05, 0.1) is 34.9 Å².